The highest BCUT2D eigenvalue weighted by atomic mass is 32.2. The van der Waals surface area contributed by atoms with E-state index in [9.17, 15) is 22.8 Å². The molecule has 0 spiro atoms. The molecular formula is C11H12N4O5S. The second-order valence-corrected chi connectivity index (χ2v) is 6.00. The normalized spacial score (nSPS) is 15.0. The SMILES string of the molecule is CNS(=O)(=O)c1ccc(C(=O)NN2CC(=O)NC2=O)cc1. The van der Waals surface area contributed by atoms with Crippen molar-refractivity contribution in [3.8, 4) is 0 Å². The summed E-state index contributed by atoms with van der Waals surface area (Å²) >= 11 is 0. The van der Waals surface area contributed by atoms with Crippen LogP contribution in [0.4, 0.5) is 4.79 Å². The monoisotopic (exact) mass is 312 g/mol. The molecule has 2 rings (SSSR count). The number of amides is 4. The van der Waals surface area contributed by atoms with Crippen LogP contribution in [0.3, 0.4) is 0 Å². The van der Waals surface area contributed by atoms with Crippen LogP contribution in [0, 0.1) is 0 Å². The van der Waals surface area contributed by atoms with E-state index in [0.717, 1.165) is 5.01 Å². The van der Waals surface area contributed by atoms with Crippen LogP contribution in [-0.4, -0.2) is 44.9 Å². The molecule has 1 heterocycles. The Morgan fingerprint density at radius 2 is 1.86 bits per heavy atom. The summed E-state index contributed by atoms with van der Waals surface area (Å²) in [5.74, 6) is -1.15. The van der Waals surface area contributed by atoms with Crippen LogP contribution >= 0.6 is 0 Å². The topological polar surface area (TPSA) is 125 Å². The van der Waals surface area contributed by atoms with Gasteiger partial charge in [0.1, 0.15) is 6.54 Å². The standard InChI is InChI=1S/C11H12N4O5S/c1-12-21(19,20)8-4-2-7(3-5-8)10(17)14-15-6-9(16)13-11(15)18/h2-5,12H,6H2,1H3,(H,14,17)(H,13,16,18). The highest BCUT2D eigenvalue weighted by Gasteiger charge is 2.28. The average Bonchev–Trinajstić information content (AvgIpc) is 2.77. The molecule has 9 nitrogen and oxygen atoms in total. The number of benzene rings is 1. The van der Waals surface area contributed by atoms with Gasteiger partial charge in [0.05, 0.1) is 4.90 Å². The number of rotatable bonds is 4. The number of nitrogens with one attached hydrogen (secondary N) is 3. The summed E-state index contributed by atoms with van der Waals surface area (Å²) in [6.07, 6.45) is 0. The Bertz CT molecular complexity index is 698. The third kappa shape index (κ3) is 3.17. The average molecular weight is 312 g/mol. The van der Waals surface area contributed by atoms with Crippen molar-refractivity contribution >= 4 is 27.9 Å². The Labute approximate surface area is 120 Å². The van der Waals surface area contributed by atoms with Gasteiger partial charge in [-0.3, -0.25) is 20.3 Å². The molecule has 0 saturated carbocycles. The van der Waals surface area contributed by atoms with Gasteiger partial charge in [0, 0.05) is 5.56 Å². The number of sulfonamides is 1. The van der Waals surface area contributed by atoms with Crippen LogP contribution < -0.4 is 15.5 Å². The number of hydrogen-bond acceptors (Lipinski definition) is 5. The van der Waals surface area contributed by atoms with Gasteiger partial charge < -0.3 is 0 Å². The van der Waals surface area contributed by atoms with Crippen molar-refractivity contribution in [2.45, 2.75) is 4.90 Å². The zero-order valence-electron chi connectivity index (χ0n) is 10.9. The molecule has 1 aromatic carbocycles. The van der Waals surface area contributed by atoms with Crippen molar-refractivity contribution in [3.05, 3.63) is 29.8 Å². The van der Waals surface area contributed by atoms with Gasteiger partial charge in [0.2, 0.25) is 15.9 Å². The minimum absolute atomic E-state index is 0.00985. The third-order valence-corrected chi connectivity index (χ3v) is 4.16. The number of carbonyl (C=O) groups is 3. The van der Waals surface area contributed by atoms with Crippen LogP contribution in [0.15, 0.2) is 29.2 Å². The van der Waals surface area contributed by atoms with Gasteiger partial charge in [0.15, 0.2) is 0 Å². The largest absolute Gasteiger partial charge is 0.343 e. The smallest absolute Gasteiger partial charge is 0.275 e. The fourth-order valence-corrected chi connectivity index (χ4v) is 2.35. The van der Waals surface area contributed by atoms with Crippen molar-refractivity contribution in [1.82, 2.24) is 20.5 Å². The highest BCUT2D eigenvalue weighted by molar-refractivity contribution is 7.89. The maximum Gasteiger partial charge on any atom is 0.343 e. The predicted molar refractivity (Wildman–Crippen MR) is 70.4 cm³/mol. The van der Waals surface area contributed by atoms with Crippen molar-refractivity contribution in [2.75, 3.05) is 13.6 Å². The first-order valence-electron chi connectivity index (χ1n) is 5.79. The highest BCUT2D eigenvalue weighted by Crippen LogP contribution is 2.10. The van der Waals surface area contributed by atoms with Crippen molar-refractivity contribution in [2.24, 2.45) is 0 Å². The number of imide groups is 1. The second kappa shape index (κ2) is 5.50. The third-order valence-electron chi connectivity index (χ3n) is 2.73. The van der Waals surface area contributed by atoms with Gasteiger partial charge in [-0.25, -0.2) is 22.9 Å². The molecule has 1 aliphatic rings. The molecule has 0 radical (unpaired) electrons. The molecule has 21 heavy (non-hydrogen) atoms. The van der Waals surface area contributed by atoms with Gasteiger partial charge in [-0.05, 0) is 31.3 Å². The summed E-state index contributed by atoms with van der Waals surface area (Å²) < 4.78 is 25.2. The lowest BCUT2D eigenvalue weighted by atomic mass is 10.2. The molecule has 0 bridgehead atoms. The molecular weight excluding hydrogens is 300 g/mol. The van der Waals surface area contributed by atoms with E-state index in [0.29, 0.717) is 0 Å². The van der Waals surface area contributed by atoms with Crippen LogP contribution in [0.25, 0.3) is 0 Å². The summed E-state index contributed by atoms with van der Waals surface area (Å²) in [6, 6.07) is 4.40. The zero-order valence-corrected chi connectivity index (χ0v) is 11.7. The van der Waals surface area contributed by atoms with Gasteiger partial charge in [-0.15, -0.1) is 0 Å². The van der Waals surface area contributed by atoms with Crippen LogP contribution in [0.2, 0.25) is 0 Å². The van der Waals surface area contributed by atoms with Gasteiger partial charge in [0.25, 0.3) is 5.91 Å². The van der Waals surface area contributed by atoms with Crippen LogP contribution in [0.1, 0.15) is 10.4 Å². The Morgan fingerprint density at radius 1 is 1.24 bits per heavy atom. The number of hydrazine groups is 1. The minimum atomic E-state index is -3.58. The Morgan fingerprint density at radius 3 is 2.33 bits per heavy atom. The van der Waals surface area contributed by atoms with E-state index in [1.807, 2.05) is 5.32 Å². The molecule has 1 fully saturated rings. The van der Waals surface area contributed by atoms with E-state index in [1.54, 1.807) is 0 Å². The Hall–Kier alpha value is -2.46. The summed E-state index contributed by atoms with van der Waals surface area (Å²) in [4.78, 5) is 34.1. The molecule has 1 aromatic rings. The van der Waals surface area contributed by atoms with Crippen LogP contribution in [-0.2, 0) is 14.8 Å². The molecule has 0 aromatic heterocycles. The van der Waals surface area contributed by atoms with Crippen molar-refractivity contribution < 1.29 is 22.8 Å². The molecule has 112 valence electrons. The number of carbonyl (C=O) groups excluding carboxylic acids is 3. The first-order valence-corrected chi connectivity index (χ1v) is 7.28. The molecule has 1 saturated heterocycles. The Balaban J connectivity index is 2.10. The predicted octanol–water partition coefficient (Wildman–Crippen LogP) is -1.21. The van der Waals surface area contributed by atoms with E-state index >= 15 is 0 Å². The zero-order chi connectivity index (χ0) is 15.6. The van der Waals surface area contributed by atoms with E-state index in [4.69, 9.17) is 0 Å². The van der Waals surface area contributed by atoms with E-state index < -0.39 is 27.9 Å². The van der Waals surface area contributed by atoms with E-state index in [-0.39, 0.29) is 17.0 Å². The lowest BCUT2D eigenvalue weighted by molar-refractivity contribution is -0.118. The maximum atomic E-state index is 11.9. The lowest BCUT2D eigenvalue weighted by Crippen LogP contribution is -2.44. The number of hydrogen-bond donors (Lipinski definition) is 3. The first-order chi connectivity index (χ1) is 9.83. The number of nitrogens with zero attached hydrogens (tertiary/aromatic N) is 1. The molecule has 1 aliphatic heterocycles. The van der Waals surface area contributed by atoms with Crippen molar-refractivity contribution in [3.63, 3.8) is 0 Å². The van der Waals surface area contributed by atoms with Gasteiger partial charge in [-0.1, -0.05) is 0 Å². The van der Waals surface area contributed by atoms with E-state index in [1.165, 1.54) is 31.3 Å². The Kier molecular flexibility index (Phi) is 3.91. The number of urea groups is 1. The minimum Gasteiger partial charge on any atom is -0.275 e. The fraction of sp³-hybridized carbons (Fsp3) is 0.182. The lowest BCUT2D eigenvalue weighted by Gasteiger charge is -2.14. The first kappa shape index (κ1) is 14.9. The molecule has 0 aliphatic carbocycles. The van der Waals surface area contributed by atoms with Crippen LogP contribution in [0.5, 0.6) is 0 Å². The summed E-state index contributed by atoms with van der Waals surface area (Å²) in [6.45, 7) is -0.267. The second-order valence-electron chi connectivity index (χ2n) is 4.11. The maximum absolute atomic E-state index is 11.9. The van der Waals surface area contributed by atoms with Gasteiger partial charge in [-0.2, -0.15) is 0 Å². The van der Waals surface area contributed by atoms with Gasteiger partial charge >= 0.3 is 6.03 Å². The van der Waals surface area contributed by atoms with E-state index in [2.05, 4.69) is 10.1 Å². The molecule has 10 heteroatoms. The summed E-state index contributed by atoms with van der Waals surface area (Å²) in [5.41, 5.74) is 2.39. The summed E-state index contributed by atoms with van der Waals surface area (Å²) in [5, 5.41) is 2.84. The summed E-state index contributed by atoms with van der Waals surface area (Å²) in [7, 11) is -2.30. The molecule has 4 amide bonds. The molecule has 3 N–H and O–H groups in total. The van der Waals surface area contributed by atoms with Crippen molar-refractivity contribution in [1.29, 1.82) is 0 Å². The quantitative estimate of drug-likeness (QED) is 0.602. The molecule has 0 unspecified atom stereocenters. The molecule has 0 atom stereocenters. The fourth-order valence-electron chi connectivity index (χ4n) is 1.62.